The van der Waals surface area contributed by atoms with Crippen LogP contribution in [-0.2, 0) is 16.1 Å². The lowest BCUT2D eigenvalue weighted by Gasteiger charge is -2.13. The Morgan fingerprint density at radius 3 is 2.62 bits per heavy atom. The van der Waals surface area contributed by atoms with Gasteiger partial charge in [-0.1, -0.05) is 42.5 Å². The van der Waals surface area contributed by atoms with E-state index in [-0.39, 0.29) is 18.3 Å². The van der Waals surface area contributed by atoms with Gasteiger partial charge in [-0.05, 0) is 42.0 Å². The van der Waals surface area contributed by atoms with Crippen LogP contribution in [0.25, 0.3) is 0 Å². The van der Waals surface area contributed by atoms with E-state index in [0.717, 1.165) is 29.3 Å². The van der Waals surface area contributed by atoms with Crippen molar-refractivity contribution in [2.75, 3.05) is 11.9 Å². The van der Waals surface area contributed by atoms with Crippen LogP contribution in [0.3, 0.4) is 0 Å². The number of anilines is 1. The number of nitrogens with one attached hydrogen (secondary N) is 1. The zero-order valence-corrected chi connectivity index (χ0v) is 14.3. The van der Waals surface area contributed by atoms with Gasteiger partial charge in [-0.25, -0.2) is 0 Å². The zero-order valence-electron chi connectivity index (χ0n) is 13.5. The van der Waals surface area contributed by atoms with Gasteiger partial charge in [0.25, 0.3) is 0 Å². The topological polar surface area (TPSA) is 64.4 Å². The molecule has 24 heavy (non-hydrogen) atoms. The summed E-state index contributed by atoms with van der Waals surface area (Å²) in [6.07, 6.45) is 2.57. The molecule has 0 saturated heterocycles. The fraction of sp³-hybridized carbons (Fsp3) is 0.316. The third-order valence-electron chi connectivity index (χ3n) is 3.95. The first-order valence-corrected chi connectivity index (χ1v) is 8.00. The molecule has 1 saturated carbocycles. The quantitative estimate of drug-likeness (QED) is 0.803. The highest BCUT2D eigenvalue weighted by molar-refractivity contribution is 5.95. The van der Waals surface area contributed by atoms with E-state index in [0.29, 0.717) is 6.61 Å². The minimum atomic E-state index is -0.675. The van der Waals surface area contributed by atoms with Crippen molar-refractivity contribution in [2.45, 2.75) is 25.5 Å². The van der Waals surface area contributed by atoms with Crippen molar-refractivity contribution in [1.29, 1.82) is 0 Å². The molecule has 3 N–H and O–H groups in total. The predicted octanol–water partition coefficient (Wildman–Crippen LogP) is 3.67. The predicted molar refractivity (Wildman–Crippen MR) is 98.1 cm³/mol. The average Bonchev–Trinajstić information content (AvgIpc) is 3.39. The lowest BCUT2D eigenvalue weighted by molar-refractivity contribution is -0.117. The highest BCUT2D eigenvalue weighted by Crippen LogP contribution is 2.29. The molecule has 0 bridgehead atoms. The molecule has 0 radical (unpaired) electrons. The van der Waals surface area contributed by atoms with Crippen LogP contribution in [0.4, 0.5) is 5.69 Å². The first-order chi connectivity index (χ1) is 11.2. The van der Waals surface area contributed by atoms with Gasteiger partial charge in [0.05, 0.1) is 6.61 Å². The van der Waals surface area contributed by atoms with E-state index in [1.807, 2.05) is 54.6 Å². The molecule has 1 aliphatic rings. The summed E-state index contributed by atoms with van der Waals surface area (Å²) in [6.45, 7) is 1.40. The van der Waals surface area contributed by atoms with E-state index in [4.69, 9.17) is 10.5 Å². The maximum absolute atomic E-state index is 12.3. The number of carbonyl (C=O) groups is 1. The van der Waals surface area contributed by atoms with Gasteiger partial charge >= 0.3 is 0 Å². The summed E-state index contributed by atoms with van der Waals surface area (Å²) in [6, 6.07) is 16.4. The van der Waals surface area contributed by atoms with Crippen molar-refractivity contribution < 1.29 is 9.53 Å². The molecular formula is C19H23ClN2O2. The number of benzene rings is 2. The van der Waals surface area contributed by atoms with Crippen molar-refractivity contribution in [2.24, 2.45) is 11.7 Å². The van der Waals surface area contributed by atoms with Gasteiger partial charge in [-0.15, -0.1) is 12.4 Å². The van der Waals surface area contributed by atoms with Crippen LogP contribution in [-0.4, -0.2) is 12.5 Å². The largest absolute Gasteiger partial charge is 0.376 e. The molecule has 3 rings (SSSR count). The maximum Gasteiger partial charge on any atom is 0.245 e. The number of hydrogen-bond acceptors (Lipinski definition) is 3. The number of amides is 1. The van der Waals surface area contributed by atoms with Crippen LogP contribution in [0.2, 0.25) is 0 Å². The highest BCUT2D eigenvalue weighted by Gasteiger charge is 2.21. The number of carbonyl (C=O) groups excluding carboxylic acids is 1. The van der Waals surface area contributed by atoms with Gasteiger partial charge in [-0.3, -0.25) is 4.79 Å². The summed E-state index contributed by atoms with van der Waals surface area (Å²) in [5.41, 5.74) is 8.60. The number of ether oxygens (including phenoxy) is 1. The second-order valence-electron chi connectivity index (χ2n) is 6.04. The molecule has 1 atom stereocenters. The molecular weight excluding hydrogens is 324 g/mol. The molecule has 0 aliphatic heterocycles. The first kappa shape index (κ1) is 18.5. The van der Waals surface area contributed by atoms with E-state index < -0.39 is 6.04 Å². The van der Waals surface area contributed by atoms with Crippen LogP contribution in [0, 0.1) is 5.92 Å². The van der Waals surface area contributed by atoms with Gasteiger partial charge in [0.2, 0.25) is 5.91 Å². The molecule has 0 spiro atoms. The Hall–Kier alpha value is -1.88. The standard InChI is InChI=1S/C19H22N2O2.ClH/c20-18(16-6-2-1-3-7-16)19(22)21-17-8-4-5-15(11-17)13-23-12-14-9-10-14;/h1-8,11,14,18H,9-10,12-13,20H2,(H,21,22);1H. The van der Waals surface area contributed by atoms with Gasteiger partial charge in [-0.2, -0.15) is 0 Å². The summed E-state index contributed by atoms with van der Waals surface area (Å²) in [5, 5.41) is 2.87. The number of halogens is 1. The van der Waals surface area contributed by atoms with Gasteiger partial charge < -0.3 is 15.8 Å². The normalized spacial score (nSPS) is 14.5. The second-order valence-corrected chi connectivity index (χ2v) is 6.04. The summed E-state index contributed by atoms with van der Waals surface area (Å²) in [5.74, 6) is 0.536. The van der Waals surface area contributed by atoms with E-state index in [1.165, 1.54) is 12.8 Å². The molecule has 1 amide bonds. The average molecular weight is 347 g/mol. The lowest BCUT2D eigenvalue weighted by atomic mass is 10.1. The van der Waals surface area contributed by atoms with E-state index in [2.05, 4.69) is 5.32 Å². The molecule has 4 nitrogen and oxygen atoms in total. The van der Waals surface area contributed by atoms with Gasteiger partial charge in [0.15, 0.2) is 0 Å². The fourth-order valence-electron chi connectivity index (χ4n) is 2.40. The summed E-state index contributed by atoms with van der Waals surface area (Å²) < 4.78 is 5.68. The molecule has 2 aromatic carbocycles. The number of hydrogen-bond donors (Lipinski definition) is 2. The van der Waals surface area contributed by atoms with Crippen molar-refractivity contribution in [3.8, 4) is 0 Å². The summed E-state index contributed by atoms with van der Waals surface area (Å²) in [4.78, 5) is 12.3. The SMILES string of the molecule is Cl.NC(C(=O)Nc1cccc(COCC2CC2)c1)c1ccccc1. The van der Waals surface area contributed by atoms with E-state index in [9.17, 15) is 4.79 Å². The Morgan fingerprint density at radius 1 is 1.17 bits per heavy atom. The Kier molecular flexibility index (Phi) is 6.79. The molecule has 5 heteroatoms. The summed E-state index contributed by atoms with van der Waals surface area (Å²) in [7, 11) is 0. The molecule has 2 aromatic rings. The molecule has 1 unspecified atom stereocenters. The van der Waals surface area contributed by atoms with Crippen molar-refractivity contribution >= 4 is 24.0 Å². The fourth-order valence-corrected chi connectivity index (χ4v) is 2.40. The Bertz CT molecular complexity index is 659. The molecule has 0 aromatic heterocycles. The number of rotatable bonds is 7. The van der Waals surface area contributed by atoms with Crippen LogP contribution in [0.1, 0.15) is 30.0 Å². The van der Waals surface area contributed by atoms with Crippen LogP contribution in [0.5, 0.6) is 0 Å². The minimum absolute atomic E-state index is 0. The monoisotopic (exact) mass is 346 g/mol. The summed E-state index contributed by atoms with van der Waals surface area (Å²) >= 11 is 0. The third kappa shape index (κ3) is 5.34. The minimum Gasteiger partial charge on any atom is -0.376 e. The van der Waals surface area contributed by atoms with Crippen LogP contribution >= 0.6 is 12.4 Å². The van der Waals surface area contributed by atoms with Gasteiger partial charge in [0, 0.05) is 12.3 Å². The van der Waals surface area contributed by atoms with E-state index >= 15 is 0 Å². The maximum atomic E-state index is 12.3. The van der Waals surface area contributed by atoms with E-state index in [1.54, 1.807) is 0 Å². The lowest BCUT2D eigenvalue weighted by Crippen LogP contribution is -2.27. The Labute approximate surface area is 148 Å². The van der Waals surface area contributed by atoms with Crippen LogP contribution in [0.15, 0.2) is 54.6 Å². The smallest absolute Gasteiger partial charge is 0.245 e. The first-order valence-electron chi connectivity index (χ1n) is 8.00. The Balaban J connectivity index is 0.00000208. The van der Waals surface area contributed by atoms with Crippen LogP contribution < -0.4 is 11.1 Å². The molecule has 1 fully saturated rings. The number of nitrogens with two attached hydrogens (primary N) is 1. The van der Waals surface area contributed by atoms with Crippen molar-refractivity contribution in [3.05, 3.63) is 65.7 Å². The van der Waals surface area contributed by atoms with Gasteiger partial charge in [0.1, 0.15) is 6.04 Å². The molecule has 128 valence electrons. The van der Waals surface area contributed by atoms with Crippen molar-refractivity contribution in [3.63, 3.8) is 0 Å². The zero-order chi connectivity index (χ0) is 16.1. The van der Waals surface area contributed by atoms with Crippen molar-refractivity contribution in [1.82, 2.24) is 0 Å². The Morgan fingerprint density at radius 2 is 1.92 bits per heavy atom. The highest BCUT2D eigenvalue weighted by atomic mass is 35.5. The molecule has 0 heterocycles. The third-order valence-corrected chi connectivity index (χ3v) is 3.95. The second kappa shape index (κ2) is 8.83. The molecule has 1 aliphatic carbocycles.